The average molecular weight is 530 g/mol. The van der Waals surface area contributed by atoms with Gasteiger partial charge in [0.05, 0.1) is 17.7 Å². The molecule has 0 aliphatic carbocycles. The van der Waals surface area contributed by atoms with Crippen molar-refractivity contribution < 1.29 is 18.3 Å². The Morgan fingerprint density at radius 2 is 1.61 bits per heavy atom. The number of hydrogen-bond donors (Lipinski definition) is 2. The van der Waals surface area contributed by atoms with E-state index in [0.717, 1.165) is 21.9 Å². The van der Waals surface area contributed by atoms with Gasteiger partial charge in [0, 0.05) is 12.1 Å². The highest BCUT2D eigenvalue weighted by molar-refractivity contribution is 7.89. The van der Waals surface area contributed by atoms with E-state index in [-0.39, 0.29) is 17.2 Å². The van der Waals surface area contributed by atoms with Crippen LogP contribution in [0, 0.1) is 20.8 Å². The van der Waals surface area contributed by atoms with Crippen LogP contribution in [0.4, 0.5) is 0 Å². The molecule has 0 atom stereocenters. The Balaban J connectivity index is 1.57. The molecule has 2 N–H and O–H groups in total. The van der Waals surface area contributed by atoms with E-state index in [9.17, 15) is 18.3 Å². The summed E-state index contributed by atoms with van der Waals surface area (Å²) in [4.78, 5) is 13.1. The largest absolute Gasteiger partial charge is 0.507 e. The lowest BCUT2D eigenvalue weighted by Gasteiger charge is -2.24. The molecule has 0 saturated carbocycles. The minimum atomic E-state index is -3.98. The van der Waals surface area contributed by atoms with E-state index in [1.807, 2.05) is 73.7 Å². The molecule has 1 amide bonds. The van der Waals surface area contributed by atoms with Crippen LogP contribution in [0.3, 0.4) is 0 Å². The number of phenolic OH excluding ortho intramolecular Hbond substituents is 1. The molecule has 4 rings (SSSR count). The normalized spacial score (nSPS) is 11.9. The van der Waals surface area contributed by atoms with Crippen LogP contribution in [-0.4, -0.2) is 43.0 Å². The Hall–Kier alpha value is -4.01. The first kappa shape index (κ1) is 27.0. The molecule has 0 radical (unpaired) electrons. The van der Waals surface area contributed by atoms with E-state index in [2.05, 4.69) is 10.5 Å². The highest BCUT2D eigenvalue weighted by Gasteiger charge is 2.29. The number of fused-ring (bicyclic) bond motifs is 1. The van der Waals surface area contributed by atoms with Crippen LogP contribution >= 0.6 is 0 Å². The van der Waals surface area contributed by atoms with Gasteiger partial charge in [0.1, 0.15) is 5.75 Å². The van der Waals surface area contributed by atoms with Crippen LogP contribution in [0.2, 0.25) is 0 Å². The summed E-state index contributed by atoms with van der Waals surface area (Å²) in [6.07, 6.45) is 1.82. The Morgan fingerprint density at radius 1 is 0.947 bits per heavy atom. The minimum Gasteiger partial charge on any atom is -0.507 e. The van der Waals surface area contributed by atoms with Gasteiger partial charge in [-0.2, -0.15) is 9.41 Å². The fraction of sp³-hybridized carbons (Fsp3) is 0.200. The molecule has 0 spiro atoms. The molecular weight excluding hydrogens is 498 g/mol. The third kappa shape index (κ3) is 6.10. The fourth-order valence-corrected chi connectivity index (χ4v) is 6.48. The molecule has 38 heavy (non-hydrogen) atoms. The maximum Gasteiger partial charge on any atom is 0.255 e. The summed E-state index contributed by atoms with van der Waals surface area (Å²) in [6, 6.07) is 24.1. The van der Waals surface area contributed by atoms with Crippen molar-refractivity contribution in [3.8, 4) is 5.75 Å². The second-order valence-corrected chi connectivity index (χ2v) is 11.2. The third-order valence-corrected chi connectivity index (χ3v) is 8.50. The molecule has 0 unspecified atom stereocenters. The second-order valence-electron chi connectivity index (χ2n) is 9.31. The Bertz CT molecular complexity index is 1580. The fourth-order valence-electron chi connectivity index (χ4n) is 4.67. The lowest BCUT2D eigenvalue weighted by Crippen LogP contribution is -2.41. The number of nitrogens with zero attached hydrogens (tertiary/aromatic N) is 2. The lowest BCUT2D eigenvalue weighted by atomic mass is 10.0. The van der Waals surface area contributed by atoms with Gasteiger partial charge in [-0.25, -0.2) is 13.8 Å². The van der Waals surface area contributed by atoms with Gasteiger partial charge < -0.3 is 5.11 Å². The average Bonchev–Trinajstić information content (AvgIpc) is 2.87. The number of nitrogens with one attached hydrogen (secondary N) is 1. The number of rotatable bonds is 9. The van der Waals surface area contributed by atoms with Gasteiger partial charge in [-0.15, -0.1) is 0 Å². The Kier molecular flexibility index (Phi) is 8.24. The molecule has 7 nitrogen and oxygen atoms in total. The van der Waals surface area contributed by atoms with Crippen molar-refractivity contribution in [1.29, 1.82) is 0 Å². The molecule has 4 aromatic rings. The van der Waals surface area contributed by atoms with Crippen molar-refractivity contribution in [1.82, 2.24) is 9.73 Å². The zero-order chi connectivity index (χ0) is 27.3. The summed E-state index contributed by atoms with van der Waals surface area (Å²) in [7, 11) is -3.98. The van der Waals surface area contributed by atoms with Gasteiger partial charge in [0.15, 0.2) is 0 Å². The van der Waals surface area contributed by atoms with E-state index in [4.69, 9.17) is 0 Å². The topological polar surface area (TPSA) is 99.1 Å². The summed E-state index contributed by atoms with van der Waals surface area (Å²) >= 11 is 0. The van der Waals surface area contributed by atoms with Gasteiger partial charge in [-0.05, 0) is 60.7 Å². The quantitative estimate of drug-likeness (QED) is 0.239. The summed E-state index contributed by atoms with van der Waals surface area (Å²) in [5, 5.41) is 16.0. The maximum absolute atomic E-state index is 13.8. The first-order chi connectivity index (χ1) is 18.2. The van der Waals surface area contributed by atoms with E-state index in [1.54, 1.807) is 26.0 Å². The zero-order valence-corrected chi connectivity index (χ0v) is 22.5. The van der Waals surface area contributed by atoms with Crippen molar-refractivity contribution in [2.75, 3.05) is 13.1 Å². The Labute approximate surface area is 223 Å². The van der Waals surface area contributed by atoms with Crippen molar-refractivity contribution in [3.05, 3.63) is 107 Å². The van der Waals surface area contributed by atoms with Crippen LogP contribution in [0.25, 0.3) is 10.8 Å². The molecule has 0 aliphatic rings. The van der Waals surface area contributed by atoms with Gasteiger partial charge in [0.25, 0.3) is 5.91 Å². The zero-order valence-electron chi connectivity index (χ0n) is 21.7. The Morgan fingerprint density at radius 3 is 2.32 bits per heavy atom. The summed E-state index contributed by atoms with van der Waals surface area (Å²) < 4.78 is 28.8. The predicted molar refractivity (Wildman–Crippen MR) is 151 cm³/mol. The number of benzene rings is 4. The number of carbonyl (C=O) groups excluding carboxylic acids is 1. The molecule has 0 fully saturated rings. The number of aryl methyl sites for hydroxylation is 3. The number of sulfonamides is 1. The van der Waals surface area contributed by atoms with Crippen molar-refractivity contribution in [3.63, 3.8) is 0 Å². The molecular formula is C30H31N3O4S. The molecule has 196 valence electrons. The van der Waals surface area contributed by atoms with Gasteiger partial charge in [-0.1, -0.05) is 78.4 Å². The van der Waals surface area contributed by atoms with Gasteiger partial charge >= 0.3 is 0 Å². The third-order valence-electron chi connectivity index (χ3n) is 6.35. The monoisotopic (exact) mass is 529 g/mol. The van der Waals surface area contributed by atoms with Crippen molar-refractivity contribution in [2.45, 2.75) is 32.1 Å². The SMILES string of the molecule is Cc1cc(C)c(S(=O)(=O)N(CCc2ccccc2)CC(=O)N/N=C/c2c(O)ccc3ccccc23)c(C)c1. The smallest absolute Gasteiger partial charge is 0.255 e. The number of aromatic hydroxyl groups is 1. The number of amides is 1. The highest BCUT2D eigenvalue weighted by Crippen LogP contribution is 2.26. The molecule has 0 aromatic heterocycles. The van der Waals surface area contributed by atoms with E-state index in [1.165, 1.54) is 10.5 Å². The first-order valence-corrected chi connectivity index (χ1v) is 13.8. The standard InChI is InChI=1S/C30H31N3O4S/c1-21-17-22(2)30(23(3)18-21)38(36,37)33(16-15-24-9-5-4-6-10-24)20-29(35)32-31-19-27-26-12-8-7-11-25(26)13-14-28(27)34/h4-14,17-19,34H,15-16,20H2,1-3H3,(H,32,35)/b31-19+. The molecule has 0 saturated heterocycles. The predicted octanol–water partition coefficient (Wildman–Crippen LogP) is 4.85. The number of hydrazone groups is 1. The van der Waals surface area contributed by atoms with Crippen LogP contribution in [0.5, 0.6) is 5.75 Å². The van der Waals surface area contributed by atoms with Crippen LogP contribution in [0.1, 0.15) is 27.8 Å². The minimum absolute atomic E-state index is 0.0269. The van der Waals surface area contributed by atoms with Crippen LogP contribution < -0.4 is 5.43 Å². The number of hydrogen-bond acceptors (Lipinski definition) is 5. The van der Waals surface area contributed by atoms with E-state index >= 15 is 0 Å². The molecule has 4 aromatic carbocycles. The molecule has 0 bridgehead atoms. The van der Waals surface area contributed by atoms with Crippen molar-refractivity contribution in [2.24, 2.45) is 5.10 Å². The van der Waals surface area contributed by atoms with Crippen molar-refractivity contribution >= 4 is 32.9 Å². The summed E-state index contributed by atoms with van der Waals surface area (Å²) in [5.41, 5.74) is 6.10. The molecule has 0 heterocycles. The van der Waals surface area contributed by atoms with Gasteiger partial charge in [0.2, 0.25) is 10.0 Å². The lowest BCUT2D eigenvalue weighted by molar-refractivity contribution is -0.121. The van der Waals surface area contributed by atoms with Crippen LogP contribution in [0.15, 0.2) is 88.9 Å². The summed E-state index contributed by atoms with van der Waals surface area (Å²) in [5.74, 6) is -0.556. The van der Waals surface area contributed by atoms with Crippen LogP contribution in [-0.2, 0) is 21.2 Å². The van der Waals surface area contributed by atoms with Gasteiger partial charge in [-0.3, -0.25) is 4.79 Å². The second kappa shape index (κ2) is 11.6. The van der Waals surface area contributed by atoms with E-state index in [0.29, 0.717) is 23.1 Å². The number of carbonyl (C=O) groups is 1. The number of phenols is 1. The first-order valence-electron chi connectivity index (χ1n) is 12.3. The summed E-state index contributed by atoms with van der Waals surface area (Å²) in [6.45, 7) is 5.18. The van der Waals surface area contributed by atoms with E-state index < -0.39 is 22.5 Å². The molecule has 8 heteroatoms. The molecule has 0 aliphatic heterocycles. The highest BCUT2D eigenvalue weighted by atomic mass is 32.2. The maximum atomic E-state index is 13.8.